The van der Waals surface area contributed by atoms with Crippen molar-refractivity contribution < 1.29 is 5.11 Å². The van der Waals surface area contributed by atoms with Crippen molar-refractivity contribution >= 4 is 27.4 Å². The minimum absolute atomic E-state index is 0.384. The molecule has 0 atom stereocenters. The summed E-state index contributed by atoms with van der Waals surface area (Å²) in [6.07, 6.45) is 7.42. The molecule has 0 spiro atoms. The van der Waals surface area contributed by atoms with Gasteiger partial charge in [-0.25, -0.2) is 9.97 Å². The Hall–Kier alpha value is -1.20. The summed E-state index contributed by atoms with van der Waals surface area (Å²) in [6, 6.07) is 0. The number of piperidine rings is 1. The van der Waals surface area contributed by atoms with Crippen LogP contribution in [0.1, 0.15) is 43.6 Å². The molecule has 4 nitrogen and oxygen atoms in total. The summed E-state index contributed by atoms with van der Waals surface area (Å²) in [4.78, 5) is 14.2. The molecule has 0 saturated carbocycles. The van der Waals surface area contributed by atoms with Crippen molar-refractivity contribution in [1.82, 2.24) is 9.97 Å². The molecule has 2 aromatic rings. The molecular weight excluding hydrogens is 294 g/mol. The van der Waals surface area contributed by atoms with Crippen LogP contribution in [0.2, 0.25) is 0 Å². The van der Waals surface area contributed by atoms with Crippen molar-refractivity contribution in [2.24, 2.45) is 5.92 Å². The average molecular weight is 317 g/mol. The fraction of sp³-hybridized carbons (Fsp3) is 0.647. The summed E-state index contributed by atoms with van der Waals surface area (Å²) in [7, 11) is 0. The highest BCUT2D eigenvalue weighted by Crippen LogP contribution is 2.41. The van der Waals surface area contributed by atoms with Crippen molar-refractivity contribution in [1.29, 1.82) is 0 Å². The van der Waals surface area contributed by atoms with E-state index in [2.05, 4.69) is 14.9 Å². The fourth-order valence-electron chi connectivity index (χ4n) is 3.95. The van der Waals surface area contributed by atoms with Gasteiger partial charge in [0.05, 0.1) is 11.0 Å². The largest absolute Gasteiger partial charge is 0.390 e. The minimum Gasteiger partial charge on any atom is -0.390 e. The smallest absolute Gasteiger partial charge is 0.141 e. The van der Waals surface area contributed by atoms with Gasteiger partial charge in [-0.05, 0) is 57.4 Å². The molecule has 0 radical (unpaired) electrons. The van der Waals surface area contributed by atoms with Crippen LogP contribution in [-0.2, 0) is 12.8 Å². The van der Waals surface area contributed by atoms with Crippen LogP contribution in [0.4, 0.5) is 5.82 Å². The number of fused-ring (bicyclic) bond motifs is 3. The van der Waals surface area contributed by atoms with E-state index in [1.807, 2.05) is 25.2 Å². The highest BCUT2D eigenvalue weighted by molar-refractivity contribution is 7.19. The van der Waals surface area contributed by atoms with E-state index in [-0.39, 0.29) is 0 Å². The second-order valence-electron chi connectivity index (χ2n) is 7.15. The lowest BCUT2D eigenvalue weighted by molar-refractivity contribution is 0.00648. The van der Waals surface area contributed by atoms with Crippen molar-refractivity contribution in [3.05, 3.63) is 16.8 Å². The Morgan fingerprint density at radius 2 is 2.00 bits per heavy atom. The summed E-state index contributed by atoms with van der Waals surface area (Å²) in [5.74, 6) is 1.51. The van der Waals surface area contributed by atoms with E-state index in [0.29, 0.717) is 5.92 Å². The Morgan fingerprint density at radius 1 is 1.23 bits per heavy atom. The molecule has 1 N–H and O–H groups in total. The van der Waals surface area contributed by atoms with Crippen LogP contribution in [0.3, 0.4) is 0 Å². The minimum atomic E-state index is -0.573. The van der Waals surface area contributed by atoms with Gasteiger partial charge in [-0.1, -0.05) is 0 Å². The number of aromatic nitrogens is 2. The molecule has 0 aromatic carbocycles. The van der Waals surface area contributed by atoms with Crippen molar-refractivity contribution in [3.8, 4) is 0 Å². The monoisotopic (exact) mass is 317 g/mol. The lowest BCUT2D eigenvalue weighted by Crippen LogP contribution is -2.42. The van der Waals surface area contributed by atoms with E-state index in [1.54, 1.807) is 6.33 Å². The number of thiophene rings is 1. The van der Waals surface area contributed by atoms with Gasteiger partial charge in [-0.2, -0.15) is 0 Å². The first kappa shape index (κ1) is 14.4. The summed E-state index contributed by atoms with van der Waals surface area (Å²) in [5, 5.41) is 11.5. The van der Waals surface area contributed by atoms with E-state index < -0.39 is 5.60 Å². The van der Waals surface area contributed by atoms with Crippen LogP contribution in [0, 0.1) is 5.92 Å². The van der Waals surface area contributed by atoms with Gasteiger partial charge in [0.1, 0.15) is 17.0 Å². The highest BCUT2D eigenvalue weighted by atomic mass is 32.1. The summed E-state index contributed by atoms with van der Waals surface area (Å²) in [6.45, 7) is 5.82. The number of rotatable bonds is 2. The normalized spacial score (nSPS) is 19.9. The van der Waals surface area contributed by atoms with Gasteiger partial charge in [0.25, 0.3) is 0 Å². The van der Waals surface area contributed by atoms with E-state index in [0.717, 1.165) is 36.6 Å². The SMILES string of the molecule is CC(C)(O)C1CCN(c2ncnc3sc4c(c23)CCC4)CC1. The predicted molar refractivity (Wildman–Crippen MR) is 90.7 cm³/mol. The Kier molecular flexibility index (Phi) is 3.38. The fourth-order valence-corrected chi connectivity index (χ4v) is 5.17. The predicted octanol–water partition coefficient (Wildman–Crippen LogP) is 3.17. The second-order valence-corrected chi connectivity index (χ2v) is 8.23. The zero-order valence-corrected chi connectivity index (χ0v) is 14.1. The molecule has 2 aliphatic rings. The lowest BCUT2D eigenvalue weighted by Gasteiger charge is -2.38. The zero-order chi connectivity index (χ0) is 15.3. The van der Waals surface area contributed by atoms with Crippen LogP contribution in [-0.4, -0.2) is 33.8 Å². The van der Waals surface area contributed by atoms with E-state index in [9.17, 15) is 5.11 Å². The first-order valence-electron chi connectivity index (χ1n) is 8.26. The van der Waals surface area contributed by atoms with Crippen LogP contribution in [0.5, 0.6) is 0 Å². The third-order valence-electron chi connectivity index (χ3n) is 5.27. The molecule has 0 amide bonds. The van der Waals surface area contributed by atoms with E-state index >= 15 is 0 Å². The Morgan fingerprint density at radius 3 is 2.73 bits per heavy atom. The number of aryl methyl sites for hydroxylation is 2. The first-order chi connectivity index (χ1) is 10.5. The molecular formula is C17H23N3OS. The molecule has 3 heterocycles. The van der Waals surface area contributed by atoms with Gasteiger partial charge in [0.15, 0.2) is 0 Å². The molecule has 0 bridgehead atoms. The molecule has 1 aliphatic heterocycles. The summed E-state index contributed by atoms with van der Waals surface area (Å²) >= 11 is 1.85. The molecule has 0 unspecified atom stereocenters. The van der Waals surface area contributed by atoms with Crippen LogP contribution in [0.15, 0.2) is 6.33 Å². The molecule has 22 heavy (non-hydrogen) atoms. The quantitative estimate of drug-likeness (QED) is 0.924. The number of nitrogens with zero attached hydrogens (tertiary/aromatic N) is 3. The van der Waals surface area contributed by atoms with Gasteiger partial charge in [-0.3, -0.25) is 0 Å². The third-order valence-corrected chi connectivity index (χ3v) is 6.47. The number of hydrogen-bond acceptors (Lipinski definition) is 5. The van der Waals surface area contributed by atoms with Gasteiger partial charge in [0.2, 0.25) is 0 Å². The Labute approximate surface area is 135 Å². The standard InChI is InChI=1S/C17H23N3OS/c1-17(2,21)11-6-8-20(9-7-11)15-14-12-4-3-5-13(12)22-16(14)19-10-18-15/h10-11,21H,3-9H2,1-2H3. The topological polar surface area (TPSA) is 49.2 Å². The van der Waals surface area contributed by atoms with Crippen molar-refractivity contribution in [2.45, 2.75) is 51.6 Å². The molecule has 5 heteroatoms. The maximum atomic E-state index is 10.2. The first-order valence-corrected chi connectivity index (χ1v) is 9.08. The van der Waals surface area contributed by atoms with Gasteiger partial charge >= 0.3 is 0 Å². The van der Waals surface area contributed by atoms with E-state index in [4.69, 9.17) is 0 Å². The molecule has 1 saturated heterocycles. The molecule has 1 aliphatic carbocycles. The third kappa shape index (κ3) is 2.31. The summed E-state index contributed by atoms with van der Waals surface area (Å²) < 4.78 is 0. The van der Waals surface area contributed by atoms with E-state index in [1.165, 1.54) is 35.1 Å². The average Bonchev–Trinajstić information content (AvgIpc) is 3.06. The van der Waals surface area contributed by atoms with Crippen LogP contribution >= 0.6 is 11.3 Å². The Bertz CT molecular complexity index is 696. The lowest BCUT2D eigenvalue weighted by atomic mass is 9.83. The Balaban J connectivity index is 1.65. The van der Waals surface area contributed by atoms with Gasteiger partial charge in [0, 0.05) is 18.0 Å². The maximum absolute atomic E-state index is 10.2. The van der Waals surface area contributed by atoms with Crippen molar-refractivity contribution in [2.75, 3.05) is 18.0 Å². The highest BCUT2D eigenvalue weighted by Gasteiger charge is 2.32. The molecule has 1 fully saturated rings. The molecule has 2 aromatic heterocycles. The maximum Gasteiger partial charge on any atom is 0.141 e. The number of anilines is 1. The summed E-state index contributed by atoms with van der Waals surface area (Å²) in [5.41, 5.74) is 0.927. The van der Waals surface area contributed by atoms with Gasteiger partial charge in [-0.15, -0.1) is 11.3 Å². The zero-order valence-electron chi connectivity index (χ0n) is 13.3. The number of hydrogen-bond donors (Lipinski definition) is 1. The number of aliphatic hydroxyl groups is 1. The second kappa shape index (κ2) is 5.17. The van der Waals surface area contributed by atoms with Crippen LogP contribution < -0.4 is 4.90 Å². The molecule has 118 valence electrons. The molecule has 4 rings (SSSR count). The van der Waals surface area contributed by atoms with Crippen molar-refractivity contribution in [3.63, 3.8) is 0 Å². The van der Waals surface area contributed by atoms with Gasteiger partial charge < -0.3 is 10.0 Å². The van der Waals surface area contributed by atoms with Crippen LogP contribution in [0.25, 0.3) is 10.2 Å².